The van der Waals surface area contributed by atoms with Crippen LogP contribution in [-0.4, -0.2) is 36.4 Å². The fraction of sp³-hybridized carbons (Fsp3) is 0.769. The molecular weight excluding hydrogens is 248 g/mol. The molecule has 102 valence electrons. The minimum Gasteiger partial charge on any atom is -0.387 e. The number of hydrogen-bond acceptors (Lipinski definition) is 5. The summed E-state index contributed by atoms with van der Waals surface area (Å²) in [4.78, 5) is 7.93. The molecule has 1 heterocycles. The molecule has 0 fully saturated rings. The highest BCUT2D eigenvalue weighted by atomic mass is 32.1. The maximum atomic E-state index is 9.91. The Morgan fingerprint density at radius 1 is 1.56 bits per heavy atom. The lowest BCUT2D eigenvalue weighted by atomic mass is 10.0. The molecule has 1 atom stereocenters. The van der Waals surface area contributed by atoms with Crippen molar-refractivity contribution in [2.45, 2.75) is 45.3 Å². The van der Waals surface area contributed by atoms with E-state index in [1.54, 1.807) is 11.3 Å². The molecule has 1 aromatic heterocycles. The monoisotopic (exact) mass is 270 g/mol. The minimum absolute atomic E-state index is 0.268. The lowest BCUT2D eigenvalue weighted by molar-refractivity contribution is 0.0846. The molecule has 2 rings (SSSR count). The number of ether oxygens (including phenoxy) is 1. The average molecular weight is 270 g/mol. The van der Waals surface area contributed by atoms with E-state index in [-0.39, 0.29) is 12.2 Å². The summed E-state index contributed by atoms with van der Waals surface area (Å²) in [6.45, 7) is 5.62. The van der Waals surface area contributed by atoms with Crippen molar-refractivity contribution in [3.05, 3.63) is 10.6 Å². The summed E-state index contributed by atoms with van der Waals surface area (Å²) >= 11 is 1.71. The second-order valence-corrected chi connectivity index (χ2v) is 6.12. The van der Waals surface area contributed by atoms with Gasteiger partial charge in [0.2, 0.25) is 0 Å². The first-order valence-electron chi connectivity index (χ1n) is 6.58. The van der Waals surface area contributed by atoms with Crippen LogP contribution < -0.4 is 4.90 Å². The Kier molecular flexibility index (Phi) is 4.59. The smallest absolute Gasteiger partial charge is 0.185 e. The van der Waals surface area contributed by atoms with E-state index < -0.39 is 0 Å². The second kappa shape index (κ2) is 5.99. The van der Waals surface area contributed by atoms with E-state index in [9.17, 15) is 5.11 Å². The number of hydrogen-bond donors (Lipinski definition) is 1. The Bertz CT molecular complexity index is 392. The quantitative estimate of drug-likeness (QED) is 0.892. The van der Waals surface area contributed by atoms with Gasteiger partial charge in [-0.1, -0.05) is 0 Å². The minimum atomic E-state index is -0.362. The van der Waals surface area contributed by atoms with Gasteiger partial charge in [-0.2, -0.15) is 0 Å². The fourth-order valence-corrected chi connectivity index (χ4v) is 3.21. The number of aliphatic hydroxyl groups excluding tert-OH is 1. The Labute approximate surface area is 113 Å². The van der Waals surface area contributed by atoms with Gasteiger partial charge in [-0.3, -0.25) is 0 Å². The molecule has 0 saturated heterocycles. The van der Waals surface area contributed by atoms with Crippen molar-refractivity contribution in [3.8, 4) is 0 Å². The molecule has 1 N–H and O–H groups in total. The van der Waals surface area contributed by atoms with Gasteiger partial charge in [-0.25, -0.2) is 4.98 Å². The molecular formula is C13H22N2O2S. The largest absolute Gasteiger partial charge is 0.387 e. The summed E-state index contributed by atoms with van der Waals surface area (Å²) in [5.74, 6) is 0. The Balaban J connectivity index is 1.96. The molecule has 5 heteroatoms. The number of fused-ring (bicyclic) bond motifs is 1. The molecule has 4 nitrogen and oxygen atoms in total. The zero-order valence-corrected chi connectivity index (χ0v) is 12.2. The molecule has 0 bridgehead atoms. The molecule has 18 heavy (non-hydrogen) atoms. The van der Waals surface area contributed by atoms with Crippen LogP contribution in [0.4, 0.5) is 5.13 Å². The van der Waals surface area contributed by atoms with E-state index in [1.165, 1.54) is 4.88 Å². The van der Waals surface area contributed by atoms with Gasteiger partial charge in [0.05, 0.1) is 24.5 Å². The van der Waals surface area contributed by atoms with Crippen LogP contribution in [0.1, 0.15) is 43.4 Å². The molecule has 1 aliphatic rings. The van der Waals surface area contributed by atoms with Crippen molar-refractivity contribution in [2.75, 3.05) is 25.1 Å². The summed E-state index contributed by atoms with van der Waals surface area (Å²) in [6, 6.07) is 0. The van der Waals surface area contributed by atoms with Gasteiger partial charge in [-0.15, -0.1) is 11.3 Å². The zero-order chi connectivity index (χ0) is 13.1. The SMILES string of the molecule is CC(C)OCCN(C)c1nc2c(s1)CCCC2O. The van der Waals surface area contributed by atoms with E-state index in [0.717, 1.165) is 36.6 Å². The number of nitrogens with zero attached hydrogens (tertiary/aromatic N) is 2. The summed E-state index contributed by atoms with van der Waals surface area (Å²) in [6.07, 6.45) is 2.87. The van der Waals surface area contributed by atoms with Crippen LogP contribution in [-0.2, 0) is 11.2 Å². The molecule has 1 aromatic rings. The fourth-order valence-electron chi connectivity index (χ4n) is 2.07. The van der Waals surface area contributed by atoms with E-state index in [1.807, 2.05) is 20.9 Å². The molecule has 0 radical (unpaired) electrons. The Morgan fingerprint density at radius 2 is 2.33 bits per heavy atom. The molecule has 1 unspecified atom stereocenters. The van der Waals surface area contributed by atoms with Gasteiger partial charge >= 0.3 is 0 Å². The van der Waals surface area contributed by atoms with Crippen molar-refractivity contribution >= 4 is 16.5 Å². The molecule has 0 saturated carbocycles. The Hall–Kier alpha value is -0.650. The maximum absolute atomic E-state index is 9.91. The van der Waals surface area contributed by atoms with Gasteiger partial charge in [0.25, 0.3) is 0 Å². The normalized spacial score (nSPS) is 19.1. The van der Waals surface area contributed by atoms with Crippen molar-refractivity contribution in [1.82, 2.24) is 4.98 Å². The average Bonchev–Trinajstić information content (AvgIpc) is 2.74. The van der Waals surface area contributed by atoms with Crippen molar-refractivity contribution in [3.63, 3.8) is 0 Å². The molecule has 0 aliphatic heterocycles. The van der Waals surface area contributed by atoms with Gasteiger partial charge in [0.1, 0.15) is 0 Å². The van der Waals surface area contributed by atoms with Crippen LogP contribution in [0.2, 0.25) is 0 Å². The number of aliphatic hydroxyl groups is 1. The van der Waals surface area contributed by atoms with Crippen molar-refractivity contribution in [2.24, 2.45) is 0 Å². The predicted molar refractivity (Wildman–Crippen MR) is 74.4 cm³/mol. The van der Waals surface area contributed by atoms with E-state index >= 15 is 0 Å². The topological polar surface area (TPSA) is 45.6 Å². The second-order valence-electron chi connectivity index (χ2n) is 5.05. The van der Waals surface area contributed by atoms with Crippen LogP contribution >= 0.6 is 11.3 Å². The maximum Gasteiger partial charge on any atom is 0.185 e. The molecule has 0 spiro atoms. The lowest BCUT2D eigenvalue weighted by Crippen LogP contribution is -2.23. The zero-order valence-electron chi connectivity index (χ0n) is 11.3. The summed E-state index contributed by atoms with van der Waals surface area (Å²) in [5, 5.41) is 10.9. The van der Waals surface area contributed by atoms with Crippen LogP contribution in [0.15, 0.2) is 0 Å². The summed E-state index contributed by atoms with van der Waals surface area (Å²) in [7, 11) is 2.03. The van der Waals surface area contributed by atoms with E-state index in [4.69, 9.17) is 4.74 Å². The number of rotatable bonds is 5. The standard InChI is InChI=1S/C13H22N2O2S/c1-9(2)17-8-7-15(3)13-14-12-10(16)5-4-6-11(12)18-13/h9-10,16H,4-8H2,1-3H3. The van der Waals surface area contributed by atoms with E-state index in [2.05, 4.69) is 9.88 Å². The van der Waals surface area contributed by atoms with Crippen molar-refractivity contribution in [1.29, 1.82) is 0 Å². The van der Waals surface area contributed by atoms with Gasteiger partial charge in [0, 0.05) is 18.5 Å². The molecule has 0 aromatic carbocycles. The summed E-state index contributed by atoms with van der Waals surface area (Å²) < 4.78 is 5.54. The Morgan fingerprint density at radius 3 is 3.00 bits per heavy atom. The first-order valence-corrected chi connectivity index (χ1v) is 7.40. The number of thiazole rings is 1. The van der Waals surface area contributed by atoms with E-state index in [0.29, 0.717) is 6.61 Å². The van der Waals surface area contributed by atoms with Gasteiger partial charge < -0.3 is 14.7 Å². The highest BCUT2D eigenvalue weighted by Gasteiger charge is 2.23. The highest BCUT2D eigenvalue weighted by Crippen LogP contribution is 2.36. The third-order valence-corrected chi connectivity index (χ3v) is 4.36. The van der Waals surface area contributed by atoms with Crippen LogP contribution in [0.25, 0.3) is 0 Å². The first-order chi connectivity index (χ1) is 8.58. The number of anilines is 1. The third kappa shape index (κ3) is 3.22. The third-order valence-electron chi connectivity index (χ3n) is 3.12. The van der Waals surface area contributed by atoms with Crippen LogP contribution in [0, 0.1) is 0 Å². The van der Waals surface area contributed by atoms with Crippen molar-refractivity contribution < 1.29 is 9.84 Å². The predicted octanol–water partition coefficient (Wildman–Crippen LogP) is 2.37. The molecule has 1 aliphatic carbocycles. The first kappa shape index (κ1) is 13.8. The van der Waals surface area contributed by atoms with Crippen LogP contribution in [0.3, 0.4) is 0 Å². The van der Waals surface area contributed by atoms with Gasteiger partial charge in [-0.05, 0) is 33.1 Å². The number of aryl methyl sites for hydroxylation is 1. The van der Waals surface area contributed by atoms with Crippen LogP contribution in [0.5, 0.6) is 0 Å². The number of aromatic nitrogens is 1. The summed E-state index contributed by atoms with van der Waals surface area (Å²) in [5.41, 5.74) is 0.901. The highest BCUT2D eigenvalue weighted by molar-refractivity contribution is 7.15. The molecule has 0 amide bonds. The van der Waals surface area contributed by atoms with Gasteiger partial charge in [0.15, 0.2) is 5.13 Å². The number of likely N-dealkylation sites (N-methyl/N-ethyl adjacent to an activating group) is 1. The lowest BCUT2D eigenvalue weighted by Gasteiger charge is -2.16.